The average molecular weight is 498 g/mol. The SMILES string of the molecule is O=C(CSc1nnc(NC[C@@H]2CCCO2)s1)Nc1ccc(S(=O)(=O)N2CCCCC2)cc1. The molecule has 3 heterocycles. The van der Waals surface area contributed by atoms with Gasteiger partial charge in [-0.3, -0.25) is 4.79 Å². The molecule has 2 saturated heterocycles. The van der Waals surface area contributed by atoms with Crippen molar-refractivity contribution >= 4 is 49.8 Å². The van der Waals surface area contributed by atoms with Crippen molar-refractivity contribution < 1.29 is 17.9 Å². The van der Waals surface area contributed by atoms with Crippen molar-refractivity contribution in [3.05, 3.63) is 24.3 Å². The molecule has 1 atom stereocenters. The molecule has 0 saturated carbocycles. The number of nitrogens with zero attached hydrogens (tertiary/aromatic N) is 3. The van der Waals surface area contributed by atoms with E-state index in [-0.39, 0.29) is 22.7 Å². The Hall–Kier alpha value is -1.73. The Bertz CT molecular complexity index is 1000. The van der Waals surface area contributed by atoms with E-state index in [1.165, 1.54) is 27.4 Å². The van der Waals surface area contributed by atoms with Crippen LogP contribution in [-0.2, 0) is 19.6 Å². The highest BCUT2D eigenvalue weighted by molar-refractivity contribution is 8.01. The van der Waals surface area contributed by atoms with E-state index in [9.17, 15) is 13.2 Å². The second-order valence-electron chi connectivity index (χ2n) is 7.72. The molecule has 32 heavy (non-hydrogen) atoms. The smallest absolute Gasteiger partial charge is 0.243 e. The first-order valence-electron chi connectivity index (χ1n) is 10.7. The van der Waals surface area contributed by atoms with Crippen molar-refractivity contribution in [1.82, 2.24) is 14.5 Å². The van der Waals surface area contributed by atoms with Gasteiger partial charge in [0.15, 0.2) is 4.34 Å². The van der Waals surface area contributed by atoms with Crippen LogP contribution in [0.1, 0.15) is 32.1 Å². The molecule has 1 aromatic carbocycles. The van der Waals surface area contributed by atoms with Crippen LogP contribution < -0.4 is 10.6 Å². The molecule has 2 aliphatic rings. The third-order valence-corrected chi connectivity index (χ3v) is 9.26. The number of anilines is 2. The summed E-state index contributed by atoms with van der Waals surface area (Å²) >= 11 is 2.72. The Morgan fingerprint density at radius 1 is 1.16 bits per heavy atom. The second kappa shape index (κ2) is 10.9. The quantitative estimate of drug-likeness (QED) is 0.508. The van der Waals surface area contributed by atoms with Gasteiger partial charge in [0.05, 0.1) is 16.8 Å². The number of sulfonamides is 1. The molecule has 0 radical (unpaired) electrons. The maximum absolute atomic E-state index is 12.7. The number of hydrogen-bond acceptors (Lipinski definition) is 9. The number of carbonyl (C=O) groups excluding carboxylic acids is 1. The first-order chi connectivity index (χ1) is 15.5. The fraction of sp³-hybridized carbons (Fsp3) is 0.550. The lowest BCUT2D eigenvalue weighted by molar-refractivity contribution is -0.113. The topological polar surface area (TPSA) is 114 Å². The molecular formula is C20H27N5O4S3. The molecule has 12 heteroatoms. The summed E-state index contributed by atoms with van der Waals surface area (Å²) in [6.45, 7) is 2.66. The van der Waals surface area contributed by atoms with Crippen LogP contribution in [0.25, 0.3) is 0 Å². The predicted molar refractivity (Wildman–Crippen MR) is 126 cm³/mol. The fourth-order valence-corrected chi connectivity index (χ4v) is 6.71. The summed E-state index contributed by atoms with van der Waals surface area (Å²) in [4.78, 5) is 12.5. The van der Waals surface area contributed by atoms with E-state index in [1.807, 2.05) is 0 Å². The van der Waals surface area contributed by atoms with Crippen LogP contribution in [-0.4, -0.2) is 66.9 Å². The molecule has 0 spiro atoms. The summed E-state index contributed by atoms with van der Waals surface area (Å²) < 4.78 is 33.2. The van der Waals surface area contributed by atoms with Gasteiger partial charge in [-0.25, -0.2) is 8.42 Å². The normalized spacial score (nSPS) is 19.7. The zero-order chi connectivity index (χ0) is 22.4. The van der Waals surface area contributed by atoms with Crippen molar-refractivity contribution in [3.8, 4) is 0 Å². The molecule has 9 nitrogen and oxygen atoms in total. The van der Waals surface area contributed by atoms with Crippen molar-refractivity contribution in [2.75, 3.05) is 42.6 Å². The van der Waals surface area contributed by atoms with E-state index in [0.717, 1.165) is 38.7 Å². The maximum Gasteiger partial charge on any atom is 0.243 e. The highest BCUT2D eigenvalue weighted by atomic mass is 32.2. The number of carbonyl (C=O) groups is 1. The van der Waals surface area contributed by atoms with E-state index >= 15 is 0 Å². The molecule has 0 unspecified atom stereocenters. The van der Waals surface area contributed by atoms with Gasteiger partial charge in [0.25, 0.3) is 0 Å². The van der Waals surface area contributed by atoms with Gasteiger partial charge in [-0.15, -0.1) is 10.2 Å². The summed E-state index contributed by atoms with van der Waals surface area (Å²) in [5, 5.41) is 14.9. The van der Waals surface area contributed by atoms with Crippen LogP contribution >= 0.6 is 23.1 Å². The zero-order valence-corrected chi connectivity index (χ0v) is 20.1. The Labute approximate surface area is 196 Å². The minimum Gasteiger partial charge on any atom is -0.376 e. The van der Waals surface area contributed by atoms with Crippen LogP contribution in [0.4, 0.5) is 10.8 Å². The lowest BCUT2D eigenvalue weighted by atomic mass is 10.2. The van der Waals surface area contributed by atoms with Crippen LogP contribution in [0.15, 0.2) is 33.5 Å². The molecule has 2 N–H and O–H groups in total. The molecule has 2 aromatic rings. The second-order valence-corrected chi connectivity index (χ2v) is 11.9. The van der Waals surface area contributed by atoms with Gasteiger partial charge in [-0.05, 0) is 49.9 Å². The van der Waals surface area contributed by atoms with Gasteiger partial charge in [0.2, 0.25) is 21.1 Å². The van der Waals surface area contributed by atoms with Gasteiger partial charge >= 0.3 is 0 Å². The molecule has 0 aliphatic carbocycles. The zero-order valence-electron chi connectivity index (χ0n) is 17.7. The summed E-state index contributed by atoms with van der Waals surface area (Å²) in [5.41, 5.74) is 0.560. The molecule has 2 fully saturated rings. The first kappa shape index (κ1) is 23.4. The monoisotopic (exact) mass is 497 g/mol. The highest BCUT2D eigenvalue weighted by Gasteiger charge is 2.25. The number of benzene rings is 1. The van der Waals surface area contributed by atoms with E-state index in [4.69, 9.17) is 4.74 Å². The number of thioether (sulfide) groups is 1. The van der Waals surface area contributed by atoms with Crippen LogP contribution in [0.2, 0.25) is 0 Å². The summed E-state index contributed by atoms with van der Waals surface area (Å²) in [7, 11) is -3.47. The Balaban J connectivity index is 1.23. The number of ether oxygens (including phenoxy) is 1. The van der Waals surface area contributed by atoms with Crippen molar-refractivity contribution in [3.63, 3.8) is 0 Å². The number of piperidine rings is 1. The Kier molecular flexibility index (Phi) is 8.00. The standard InChI is InChI=1S/C20H27N5O4S3/c26-18(14-30-20-24-23-19(31-20)21-13-16-5-4-12-29-16)22-15-6-8-17(9-7-15)32(27,28)25-10-2-1-3-11-25/h6-9,16H,1-5,10-14H2,(H,21,23)(H,22,26)/t16-/m0/s1. The van der Waals surface area contributed by atoms with E-state index in [1.54, 1.807) is 24.3 Å². The maximum atomic E-state index is 12.7. The lowest BCUT2D eigenvalue weighted by Crippen LogP contribution is -2.35. The molecule has 4 rings (SSSR count). The minimum atomic E-state index is -3.47. The third-order valence-electron chi connectivity index (χ3n) is 5.33. The van der Waals surface area contributed by atoms with Crippen LogP contribution in [0, 0.1) is 0 Å². The van der Waals surface area contributed by atoms with E-state index < -0.39 is 10.0 Å². The highest BCUT2D eigenvalue weighted by Crippen LogP contribution is 2.26. The van der Waals surface area contributed by atoms with Crippen LogP contribution in [0.3, 0.4) is 0 Å². The Morgan fingerprint density at radius 2 is 1.94 bits per heavy atom. The fourth-order valence-electron chi connectivity index (χ4n) is 3.63. The molecule has 174 valence electrons. The minimum absolute atomic E-state index is 0.189. The largest absolute Gasteiger partial charge is 0.376 e. The summed E-state index contributed by atoms with van der Waals surface area (Å²) in [6, 6.07) is 6.34. The van der Waals surface area contributed by atoms with E-state index in [0.29, 0.717) is 34.8 Å². The Morgan fingerprint density at radius 3 is 2.66 bits per heavy atom. The number of hydrogen-bond donors (Lipinski definition) is 2. The lowest BCUT2D eigenvalue weighted by Gasteiger charge is -2.25. The first-order valence-corrected chi connectivity index (χ1v) is 14.0. The van der Waals surface area contributed by atoms with Crippen molar-refractivity contribution in [2.24, 2.45) is 0 Å². The van der Waals surface area contributed by atoms with Crippen molar-refractivity contribution in [1.29, 1.82) is 0 Å². The molecule has 2 aliphatic heterocycles. The number of nitrogens with one attached hydrogen (secondary N) is 2. The summed E-state index contributed by atoms with van der Waals surface area (Å²) in [5.74, 6) is -0.000477. The third kappa shape index (κ3) is 6.19. The molecule has 1 aromatic heterocycles. The number of amides is 1. The average Bonchev–Trinajstić information content (AvgIpc) is 3.49. The van der Waals surface area contributed by atoms with Crippen LogP contribution in [0.5, 0.6) is 0 Å². The van der Waals surface area contributed by atoms with Gasteiger partial charge in [-0.2, -0.15) is 4.31 Å². The van der Waals surface area contributed by atoms with Gasteiger partial charge < -0.3 is 15.4 Å². The number of aromatic nitrogens is 2. The predicted octanol–water partition coefficient (Wildman–Crippen LogP) is 3.03. The van der Waals surface area contributed by atoms with Gasteiger partial charge in [-0.1, -0.05) is 29.5 Å². The molecule has 0 bridgehead atoms. The molecular weight excluding hydrogens is 470 g/mol. The van der Waals surface area contributed by atoms with Crippen molar-refractivity contribution in [2.45, 2.75) is 47.4 Å². The number of rotatable bonds is 9. The van der Waals surface area contributed by atoms with E-state index in [2.05, 4.69) is 20.8 Å². The van der Waals surface area contributed by atoms with Gasteiger partial charge in [0, 0.05) is 31.9 Å². The summed E-state index contributed by atoms with van der Waals surface area (Å²) in [6.07, 6.45) is 5.23. The van der Waals surface area contributed by atoms with Gasteiger partial charge in [0.1, 0.15) is 0 Å². The molecule has 1 amide bonds.